The summed E-state index contributed by atoms with van der Waals surface area (Å²) >= 11 is 6.73. The zero-order valence-electron chi connectivity index (χ0n) is 13.2. The van der Waals surface area contributed by atoms with E-state index < -0.39 is 10.8 Å². The third-order valence-electron chi connectivity index (χ3n) is 2.38. The van der Waals surface area contributed by atoms with Crippen molar-refractivity contribution in [1.29, 1.82) is 0 Å². The van der Waals surface area contributed by atoms with Crippen LogP contribution in [0.5, 0.6) is 0 Å². The average Bonchev–Trinajstić information content (AvgIpc) is 2.48. The number of hydrogen-bond donors (Lipinski definition) is 0. The smallest absolute Gasteiger partial charge is 1.00 e. The fraction of sp³-hybridized carbons (Fsp3) is 0.176. The van der Waals surface area contributed by atoms with Gasteiger partial charge in [0.2, 0.25) is 0 Å². The van der Waals surface area contributed by atoms with Crippen molar-refractivity contribution < 1.29 is 42.5 Å². The molecule has 0 bridgehead atoms. The van der Waals surface area contributed by atoms with E-state index in [9.17, 15) is 9.00 Å². The van der Waals surface area contributed by atoms with E-state index in [4.69, 9.17) is 12.2 Å². The molecular formula is C17H18ClO2PtS3+. The molecule has 7 heteroatoms. The number of thioether (sulfide) groups is 1. The molecule has 0 aliphatic carbocycles. The Hall–Kier alpha value is -0.322. The topological polar surface area (TPSA) is 34.1 Å². The maximum absolute atomic E-state index is 11.9. The summed E-state index contributed by atoms with van der Waals surface area (Å²) in [6.45, 7) is 0. The number of ketones is 1. The second-order valence-electron chi connectivity index (χ2n) is 4.49. The van der Waals surface area contributed by atoms with Crippen LogP contribution in [0.2, 0.25) is 0 Å². The summed E-state index contributed by atoms with van der Waals surface area (Å²) < 4.78 is 10.3. The number of thiocarbonyl (C=S) groups is 1. The Bertz CT molecular complexity index is 633. The molecule has 0 spiro atoms. The summed E-state index contributed by atoms with van der Waals surface area (Å²) in [6.07, 6.45) is 3.58. The molecule has 0 heterocycles. The van der Waals surface area contributed by atoms with Gasteiger partial charge < -0.3 is 12.4 Å². The first-order chi connectivity index (χ1) is 10.5. The number of carbonyl (C=O) groups excluding carboxylic acids is 1. The molecule has 2 aromatic carbocycles. The van der Waals surface area contributed by atoms with Gasteiger partial charge in [-0.1, -0.05) is 72.5 Å². The molecule has 0 N–H and O–H groups in total. The second kappa shape index (κ2) is 15.0. The summed E-state index contributed by atoms with van der Waals surface area (Å²) in [5, 5.41) is 0. The van der Waals surface area contributed by atoms with Gasteiger partial charge in [0.25, 0.3) is 0 Å². The molecule has 0 aliphatic heterocycles. The molecule has 0 aliphatic rings. The van der Waals surface area contributed by atoms with Crippen LogP contribution in [0.1, 0.15) is 16.8 Å². The summed E-state index contributed by atoms with van der Waals surface area (Å²) in [5.74, 6) is 0.0732. The van der Waals surface area contributed by atoms with Gasteiger partial charge in [-0.15, -0.1) is 0 Å². The van der Waals surface area contributed by atoms with Crippen molar-refractivity contribution in [2.45, 2.75) is 11.3 Å². The minimum Gasteiger partial charge on any atom is -1.00 e. The average molecular weight is 581 g/mol. The molecule has 0 saturated carbocycles. The monoisotopic (exact) mass is 580 g/mol. The van der Waals surface area contributed by atoms with Gasteiger partial charge in [-0.2, -0.15) is 0 Å². The third kappa shape index (κ3) is 12.1. The van der Waals surface area contributed by atoms with E-state index in [1.165, 1.54) is 11.8 Å². The number of rotatable bonds is 4. The minimum absolute atomic E-state index is 0. The van der Waals surface area contributed by atoms with Crippen LogP contribution in [0.4, 0.5) is 0 Å². The molecule has 0 radical (unpaired) electrons. The number of hydrogen-bond acceptors (Lipinski definition) is 4. The Labute approximate surface area is 176 Å². The Morgan fingerprint density at radius 2 is 1.42 bits per heavy atom. The maximum atomic E-state index is 11.9. The fourth-order valence-corrected chi connectivity index (χ4v) is 2.69. The zero-order valence-corrected chi connectivity index (χ0v) is 18.7. The maximum Gasteiger partial charge on any atom is 2.00 e. The molecule has 2 nitrogen and oxygen atoms in total. The van der Waals surface area contributed by atoms with Crippen molar-refractivity contribution in [3.05, 3.63) is 66.2 Å². The van der Waals surface area contributed by atoms with E-state index >= 15 is 0 Å². The summed E-state index contributed by atoms with van der Waals surface area (Å²) in [6, 6.07) is 19.1. The SMILES string of the molecule is CS(C)=O.O=C(CC(=S)Sc1ccccc1)c1ccccc1.[Cl-].[Pt+2]. The predicted molar refractivity (Wildman–Crippen MR) is 100 cm³/mol. The van der Waals surface area contributed by atoms with Gasteiger partial charge >= 0.3 is 21.1 Å². The van der Waals surface area contributed by atoms with Crippen molar-refractivity contribution in [3.8, 4) is 0 Å². The molecule has 0 saturated heterocycles. The number of carbonyl (C=O) groups is 1. The first kappa shape index (κ1) is 25.9. The standard InChI is InChI=1S/C15H12OS2.C2H6OS.ClH.Pt/c16-14(12-7-3-1-4-8-12)11-15(17)18-13-9-5-2-6-10-13;1-4(2)3;;/h1-10H,11H2;1-2H3;1H;/q;;;+2/p-1. The quantitative estimate of drug-likeness (QED) is 0.311. The summed E-state index contributed by atoms with van der Waals surface area (Å²) in [5.41, 5.74) is 0.716. The number of halogens is 1. The van der Waals surface area contributed by atoms with Gasteiger partial charge in [-0.25, -0.2) is 0 Å². The van der Waals surface area contributed by atoms with Crippen LogP contribution in [-0.4, -0.2) is 26.7 Å². The van der Waals surface area contributed by atoms with Crippen LogP contribution in [-0.2, 0) is 31.9 Å². The molecule has 0 fully saturated rings. The van der Waals surface area contributed by atoms with E-state index in [0.717, 1.165) is 4.90 Å². The molecule has 0 amide bonds. The van der Waals surface area contributed by atoms with Crippen molar-refractivity contribution in [2.75, 3.05) is 12.5 Å². The predicted octanol–water partition coefficient (Wildman–Crippen LogP) is 1.38. The molecule has 24 heavy (non-hydrogen) atoms. The van der Waals surface area contributed by atoms with E-state index in [-0.39, 0.29) is 39.3 Å². The van der Waals surface area contributed by atoms with Crippen molar-refractivity contribution >= 4 is 44.8 Å². The van der Waals surface area contributed by atoms with Gasteiger partial charge in [-0.05, 0) is 12.1 Å². The molecule has 132 valence electrons. The fourth-order valence-electron chi connectivity index (χ4n) is 1.51. The van der Waals surface area contributed by atoms with E-state index in [1.807, 2.05) is 60.7 Å². The molecular weight excluding hydrogens is 563 g/mol. The van der Waals surface area contributed by atoms with Crippen molar-refractivity contribution in [3.63, 3.8) is 0 Å². The molecule has 0 aromatic heterocycles. The second-order valence-corrected chi connectivity index (χ2v) is 7.90. The van der Waals surface area contributed by atoms with Crippen LogP contribution in [0, 0.1) is 0 Å². The Morgan fingerprint density at radius 1 is 1.00 bits per heavy atom. The van der Waals surface area contributed by atoms with E-state index in [0.29, 0.717) is 16.2 Å². The van der Waals surface area contributed by atoms with Crippen LogP contribution < -0.4 is 12.4 Å². The molecule has 0 unspecified atom stereocenters. The zero-order chi connectivity index (χ0) is 16.4. The van der Waals surface area contributed by atoms with Crippen molar-refractivity contribution in [1.82, 2.24) is 0 Å². The minimum atomic E-state index is -0.611. The number of benzene rings is 2. The van der Waals surface area contributed by atoms with Gasteiger partial charge in [0.05, 0.1) is 10.6 Å². The van der Waals surface area contributed by atoms with E-state index in [1.54, 1.807) is 12.5 Å². The van der Waals surface area contributed by atoms with Gasteiger partial charge in [0.15, 0.2) is 5.78 Å². The Balaban J connectivity index is 0. The molecule has 0 atom stereocenters. The Morgan fingerprint density at radius 3 is 1.88 bits per heavy atom. The summed E-state index contributed by atoms with van der Waals surface area (Å²) in [7, 11) is -0.611. The third-order valence-corrected chi connectivity index (χ3v) is 3.65. The summed E-state index contributed by atoms with van der Waals surface area (Å²) in [4.78, 5) is 13.0. The first-order valence-corrected chi connectivity index (χ1v) is 9.77. The molecule has 2 rings (SSSR count). The first-order valence-electron chi connectivity index (χ1n) is 6.58. The largest absolute Gasteiger partial charge is 2.00 e. The van der Waals surface area contributed by atoms with Gasteiger partial charge in [0, 0.05) is 33.8 Å². The normalized spacial score (nSPS) is 8.96. The van der Waals surface area contributed by atoms with Crippen LogP contribution in [0.3, 0.4) is 0 Å². The molecule has 2 aromatic rings. The van der Waals surface area contributed by atoms with Crippen LogP contribution in [0.15, 0.2) is 65.6 Å². The Kier molecular flexibility index (Phi) is 16.2. The van der Waals surface area contributed by atoms with Gasteiger partial charge in [0.1, 0.15) is 0 Å². The van der Waals surface area contributed by atoms with Gasteiger partial charge in [-0.3, -0.25) is 9.00 Å². The van der Waals surface area contributed by atoms with E-state index in [2.05, 4.69) is 0 Å². The van der Waals surface area contributed by atoms with Crippen LogP contribution in [0.25, 0.3) is 0 Å². The number of Topliss-reactive ketones (excluding diaryl/α,β-unsaturated/α-hetero) is 1. The van der Waals surface area contributed by atoms with Crippen LogP contribution >= 0.6 is 24.0 Å². The van der Waals surface area contributed by atoms with Crippen molar-refractivity contribution in [2.24, 2.45) is 0 Å².